The highest BCUT2D eigenvalue weighted by Crippen LogP contribution is 2.21. The molecule has 0 atom stereocenters. The highest BCUT2D eigenvalue weighted by Gasteiger charge is 2.15. The van der Waals surface area contributed by atoms with Crippen molar-refractivity contribution in [3.05, 3.63) is 37.2 Å². The fraction of sp³-hybridized carbons (Fsp3) is 0.438. The van der Waals surface area contributed by atoms with Crippen LogP contribution in [0.15, 0.2) is 37.2 Å². The predicted octanol–water partition coefficient (Wildman–Crippen LogP) is 1.99. The standard InChI is InChI=1S/C16H21N5O/c22-16(2-1-13-3-6-17-7-4-13)20-14-11-18-8-5-15(14)21-10-9-19-12-21/h5,8-13,17H,1-4,6-7H2,(H,20,22). The van der Waals surface area contributed by atoms with Crippen molar-refractivity contribution in [1.82, 2.24) is 19.9 Å². The largest absolute Gasteiger partial charge is 0.323 e. The van der Waals surface area contributed by atoms with Crippen LogP contribution >= 0.6 is 0 Å². The first kappa shape index (κ1) is 14.7. The summed E-state index contributed by atoms with van der Waals surface area (Å²) < 4.78 is 1.87. The molecule has 0 saturated carbocycles. The van der Waals surface area contributed by atoms with Gasteiger partial charge in [-0.25, -0.2) is 4.98 Å². The molecule has 0 radical (unpaired) electrons. The SMILES string of the molecule is O=C(CCC1CCNCC1)Nc1cnccc1-n1ccnc1. The molecular weight excluding hydrogens is 278 g/mol. The first-order valence-electron chi connectivity index (χ1n) is 7.76. The molecule has 3 heterocycles. The van der Waals surface area contributed by atoms with Gasteiger partial charge in [0.05, 0.1) is 23.9 Å². The van der Waals surface area contributed by atoms with Gasteiger partial charge in [0.25, 0.3) is 0 Å². The summed E-state index contributed by atoms with van der Waals surface area (Å²) in [4.78, 5) is 20.3. The Kier molecular flexibility index (Phi) is 4.80. The smallest absolute Gasteiger partial charge is 0.224 e. The van der Waals surface area contributed by atoms with Crippen molar-refractivity contribution in [1.29, 1.82) is 0 Å². The minimum absolute atomic E-state index is 0.0490. The molecule has 22 heavy (non-hydrogen) atoms. The van der Waals surface area contributed by atoms with Gasteiger partial charge in [0.1, 0.15) is 0 Å². The Bertz CT molecular complexity index is 605. The number of aromatic nitrogens is 3. The lowest BCUT2D eigenvalue weighted by molar-refractivity contribution is -0.116. The molecule has 0 unspecified atom stereocenters. The molecule has 2 aromatic rings. The molecule has 2 aromatic heterocycles. The number of hydrogen-bond acceptors (Lipinski definition) is 4. The van der Waals surface area contributed by atoms with Crippen LogP contribution in [-0.2, 0) is 4.79 Å². The first-order valence-corrected chi connectivity index (χ1v) is 7.76. The van der Waals surface area contributed by atoms with E-state index in [-0.39, 0.29) is 5.91 Å². The van der Waals surface area contributed by atoms with Crippen LogP contribution < -0.4 is 10.6 Å². The second-order valence-corrected chi connectivity index (χ2v) is 5.64. The molecule has 1 fully saturated rings. The first-order chi connectivity index (χ1) is 10.8. The molecule has 0 aromatic carbocycles. The molecule has 1 amide bonds. The van der Waals surface area contributed by atoms with Crippen molar-refractivity contribution >= 4 is 11.6 Å². The minimum Gasteiger partial charge on any atom is -0.323 e. The lowest BCUT2D eigenvalue weighted by Gasteiger charge is -2.22. The second-order valence-electron chi connectivity index (χ2n) is 5.64. The van der Waals surface area contributed by atoms with Crippen molar-refractivity contribution < 1.29 is 4.79 Å². The number of nitrogens with one attached hydrogen (secondary N) is 2. The van der Waals surface area contributed by atoms with E-state index in [4.69, 9.17) is 0 Å². The number of piperidine rings is 1. The van der Waals surface area contributed by atoms with Crippen molar-refractivity contribution in [2.24, 2.45) is 5.92 Å². The molecule has 3 rings (SSSR count). The van der Waals surface area contributed by atoms with Crippen LogP contribution in [0.25, 0.3) is 5.69 Å². The fourth-order valence-electron chi connectivity index (χ4n) is 2.83. The number of pyridine rings is 1. The second kappa shape index (κ2) is 7.17. The summed E-state index contributed by atoms with van der Waals surface area (Å²) in [5.41, 5.74) is 1.60. The number of hydrogen-bond donors (Lipinski definition) is 2. The maximum atomic E-state index is 12.2. The van der Waals surface area contributed by atoms with Crippen molar-refractivity contribution in [2.45, 2.75) is 25.7 Å². The van der Waals surface area contributed by atoms with Gasteiger partial charge in [0, 0.05) is 25.0 Å². The predicted molar refractivity (Wildman–Crippen MR) is 84.8 cm³/mol. The maximum Gasteiger partial charge on any atom is 0.224 e. The molecule has 1 saturated heterocycles. The van der Waals surface area contributed by atoms with Crippen LogP contribution in [0.3, 0.4) is 0 Å². The topological polar surface area (TPSA) is 71.8 Å². The van der Waals surface area contributed by atoms with Crippen LogP contribution in [-0.4, -0.2) is 33.5 Å². The quantitative estimate of drug-likeness (QED) is 0.885. The average molecular weight is 299 g/mol. The van der Waals surface area contributed by atoms with E-state index < -0.39 is 0 Å². The molecule has 0 spiro atoms. The molecule has 116 valence electrons. The summed E-state index contributed by atoms with van der Waals surface area (Å²) in [6.07, 6.45) is 12.5. The van der Waals surface area contributed by atoms with E-state index in [0.29, 0.717) is 12.3 Å². The van der Waals surface area contributed by atoms with E-state index in [0.717, 1.165) is 30.9 Å². The molecular formula is C16H21N5O. The molecule has 6 nitrogen and oxygen atoms in total. The van der Waals surface area contributed by atoms with Crippen LogP contribution in [0, 0.1) is 5.92 Å². The third-order valence-corrected chi connectivity index (χ3v) is 4.09. The van der Waals surface area contributed by atoms with E-state index in [2.05, 4.69) is 20.6 Å². The van der Waals surface area contributed by atoms with E-state index in [9.17, 15) is 4.79 Å². The Balaban J connectivity index is 1.59. The van der Waals surface area contributed by atoms with Gasteiger partial charge in [-0.05, 0) is 44.3 Å². The maximum absolute atomic E-state index is 12.2. The highest BCUT2D eigenvalue weighted by atomic mass is 16.1. The molecule has 1 aliphatic heterocycles. The number of nitrogens with zero attached hydrogens (tertiary/aromatic N) is 3. The van der Waals surface area contributed by atoms with E-state index in [1.165, 1.54) is 12.8 Å². The molecule has 0 aliphatic carbocycles. The van der Waals surface area contributed by atoms with Gasteiger partial charge in [-0.3, -0.25) is 9.78 Å². The third kappa shape index (κ3) is 3.71. The number of carbonyl (C=O) groups is 1. The van der Waals surface area contributed by atoms with Gasteiger partial charge in [0.15, 0.2) is 0 Å². The normalized spacial score (nSPS) is 15.6. The Morgan fingerprint density at radius 2 is 2.18 bits per heavy atom. The van der Waals surface area contributed by atoms with E-state index in [1.54, 1.807) is 24.9 Å². The van der Waals surface area contributed by atoms with Crippen LogP contribution in [0.5, 0.6) is 0 Å². The summed E-state index contributed by atoms with van der Waals surface area (Å²) >= 11 is 0. The van der Waals surface area contributed by atoms with Gasteiger partial charge in [0.2, 0.25) is 5.91 Å². The lowest BCUT2D eigenvalue weighted by Crippen LogP contribution is -2.28. The molecule has 2 N–H and O–H groups in total. The Morgan fingerprint density at radius 3 is 2.95 bits per heavy atom. The van der Waals surface area contributed by atoms with E-state index >= 15 is 0 Å². The van der Waals surface area contributed by atoms with Crippen molar-refractivity contribution in [2.75, 3.05) is 18.4 Å². The average Bonchev–Trinajstić information content (AvgIpc) is 3.09. The molecule has 0 bridgehead atoms. The summed E-state index contributed by atoms with van der Waals surface area (Å²) in [5.74, 6) is 0.710. The number of amides is 1. The van der Waals surface area contributed by atoms with Crippen molar-refractivity contribution in [3.8, 4) is 5.69 Å². The van der Waals surface area contributed by atoms with Crippen LogP contribution in [0.2, 0.25) is 0 Å². The Morgan fingerprint density at radius 1 is 1.32 bits per heavy atom. The van der Waals surface area contributed by atoms with Crippen LogP contribution in [0.4, 0.5) is 5.69 Å². The zero-order chi connectivity index (χ0) is 15.2. The number of rotatable bonds is 5. The summed E-state index contributed by atoms with van der Waals surface area (Å²) in [6.45, 7) is 2.14. The van der Waals surface area contributed by atoms with Gasteiger partial charge >= 0.3 is 0 Å². The van der Waals surface area contributed by atoms with E-state index in [1.807, 2.05) is 16.8 Å². The van der Waals surface area contributed by atoms with Gasteiger partial charge < -0.3 is 15.2 Å². The zero-order valence-electron chi connectivity index (χ0n) is 12.5. The molecule has 6 heteroatoms. The lowest BCUT2D eigenvalue weighted by atomic mass is 9.93. The zero-order valence-corrected chi connectivity index (χ0v) is 12.5. The third-order valence-electron chi connectivity index (χ3n) is 4.09. The monoisotopic (exact) mass is 299 g/mol. The van der Waals surface area contributed by atoms with Gasteiger partial charge in [-0.2, -0.15) is 0 Å². The van der Waals surface area contributed by atoms with Gasteiger partial charge in [-0.15, -0.1) is 0 Å². The fourth-order valence-corrected chi connectivity index (χ4v) is 2.83. The summed E-state index contributed by atoms with van der Waals surface area (Å²) in [7, 11) is 0. The highest BCUT2D eigenvalue weighted by molar-refractivity contribution is 5.92. The number of carbonyl (C=O) groups excluding carboxylic acids is 1. The van der Waals surface area contributed by atoms with Crippen LogP contribution in [0.1, 0.15) is 25.7 Å². The Labute approximate surface area is 130 Å². The number of imidazole rings is 1. The summed E-state index contributed by atoms with van der Waals surface area (Å²) in [6, 6.07) is 1.87. The molecule has 1 aliphatic rings. The van der Waals surface area contributed by atoms with Crippen molar-refractivity contribution in [3.63, 3.8) is 0 Å². The van der Waals surface area contributed by atoms with Gasteiger partial charge in [-0.1, -0.05) is 0 Å². The Hall–Kier alpha value is -2.21. The number of anilines is 1. The summed E-state index contributed by atoms with van der Waals surface area (Å²) in [5, 5.41) is 6.32. The minimum atomic E-state index is 0.0490.